The van der Waals surface area contributed by atoms with Crippen LogP contribution in [0.2, 0.25) is 0 Å². The Morgan fingerprint density at radius 3 is 3.22 bits per heavy atom. The summed E-state index contributed by atoms with van der Waals surface area (Å²) >= 11 is 3.84. The van der Waals surface area contributed by atoms with Gasteiger partial charge in [-0.15, -0.1) is 23.1 Å². The molecule has 0 aromatic carbocycles. The van der Waals surface area contributed by atoms with E-state index in [1.165, 1.54) is 16.2 Å². The zero-order valence-electron chi connectivity index (χ0n) is 10.5. The van der Waals surface area contributed by atoms with Crippen LogP contribution in [0.25, 0.3) is 0 Å². The van der Waals surface area contributed by atoms with Crippen molar-refractivity contribution in [1.82, 2.24) is 20.1 Å². The van der Waals surface area contributed by atoms with Crippen LogP contribution in [-0.4, -0.2) is 20.0 Å². The van der Waals surface area contributed by atoms with E-state index < -0.39 is 0 Å². The van der Waals surface area contributed by atoms with Crippen molar-refractivity contribution in [3.63, 3.8) is 0 Å². The first kappa shape index (κ1) is 12.2. The summed E-state index contributed by atoms with van der Waals surface area (Å²) in [7, 11) is 1.90. The molecule has 4 nitrogen and oxygen atoms in total. The van der Waals surface area contributed by atoms with E-state index in [4.69, 9.17) is 0 Å². The highest BCUT2D eigenvalue weighted by Crippen LogP contribution is 2.43. The number of rotatable bonds is 3. The normalized spacial score (nSPS) is 23.0. The minimum Gasteiger partial charge on any atom is -0.303 e. The van der Waals surface area contributed by atoms with Gasteiger partial charge in [-0.1, -0.05) is 6.92 Å². The zero-order chi connectivity index (χ0) is 12.5. The lowest BCUT2D eigenvalue weighted by Gasteiger charge is -2.27. The Hall–Kier alpha value is -0.850. The number of thiophene rings is 1. The molecule has 0 spiro atoms. The van der Waals surface area contributed by atoms with E-state index in [0.29, 0.717) is 11.3 Å². The fraction of sp³-hybridized carbons (Fsp3) is 0.500. The number of fused-ring (bicyclic) bond motifs is 1. The predicted octanol–water partition coefficient (Wildman–Crippen LogP) is 2.59. The summed E-state index contributed by atoms with van der Waals surface area (Å²) in [6.45, 7) is 3.03. The second-order valence-electron chi connectivity index (χ2n) is 4.60. The van der Waals surface area contributed by atoms with E-state index >= 15 is 0 Å². The molecule has 96 valence electrons. The van der Waals surface area contributed by atoms with Crippen LogP contribution in [0.3, 0.4) is 0 Å². The average molecular weight is 280 g/mol. The maximum absolute atomic E-state index is 4.30. The Morgan fingerprint density at radius 2 is 2.44 bits per heavy atom. The topological polar surface area (TPSA) is 42.7 Å². The maximum atomic E-state index is 4.30. The fourth-order valence-electron chi connectivity index (χ4n) is 2.22. The SMILES string of the molecule is C[C@H]1CC(NCc2ncn(C)n2)c2ccsc2S1. The molecular weight excluding hydrogens is 264 g/mol. The molecule has 2 atom stereocenters. The zero-order valence-corrected chi connectivity index (χ0v) is 12.1. The molecule has 2 aromatic heterocycles. The third-order valence-corrected chi connectivity index (χ3v) is 5.41. The highest BCUT2D eigenvalue weighted by atomic mass is 32.2. The molecule has 0 saturated heterocycles. The lowest BCUT2D eigenvalue weighted by Crippen LogP contribution is -2.26. The smallest absolute Gasteiger partial charge is 0.164 e. The summed E-state index contributed by atoms with van der Waals surface area (Å²) < 4.78 is 3.20. The molecular formula is C12H16N4S2. The molecule has 2 aromatic rings. The van der Waals surface area contributed by atoms with Crippen molar-refractivity contribution in [3.8, 4) is 0 Å². The van der Waals surface area contributed by atoms with Crippen molar-refractivity contribution in [3.05, 3.63) is 29.2 Å². The van der Waals surface area contributed by atoms with Crippen molar-refractivity contribution >= 4 is 23.1 Å². The van der Waals surface area contributed by atoms with Crippen molar-refractivity contribution in [2.75, 3.05) is 0 Å². The number of nitrogens with one attached hydrogen (secondary N) is 1. The quantitative estimate of drug-likeness (QED) is 0.938. The van der Waals surface area contributed by atoms with E-state index in [1.807, 2.05) is 30.1 Å². The molecule has 3 heterocycles. The Kier molecular flexibility index (Phi) is 3.41. The molecule has 1 aliphatic heterocycles. The number of aromatic nitrogens is 3. The summed E-state index contributed by atoms with van der Waals surface area (Å²) in [5, 5.41) is 10.7. The van der Waals surface area contributed by atoms with Crippen LogP contribution in [0.4, 0.5) is 0 Å². The lowest BCUT2D eigenvalue weighted by molar-refractivity contribution is 0.479. The molecule has 0 fully saturated rings. The molecule has 3 rings (SSSR count). The van der Waals surface area contributed by atoms with Crippen molar-refractivity contribution < 1.29 is 0 Å². The van der Waals surface area contributed by atoms with Crippen LogP contribution in [0, 0.1) is 0 Å². The average Bonchev–Trinajstić information content (AvgIpc) is 2.94. The van der Waals surface area contributed by atoms with E-state index in [1.54, 1.807) is 11.0 Å². The highest BCUT2D eigenvalue weighted by Gasteiger charge is 2.25. The number of nitrogens with zero attached hydrogens (tertiary/aromatic N) is 3. The van der Waals surface area contributed by atoms with Crippen LogP contribution in [-0.2, 0) is 13.6 Å². The largest absolute Gasteiger partial charge is 0.303 e. The Morgan fingerprint density at radius 1 is 1.56 bits per heavy atom. The summed E-state index contributed by atoms with van der Waals surface area (Å²) in [5.41, 5.74) is 1.44. The minimum atomic E-state index is 0.436. The molecule has 0 saturated carbocycles. The van der Waals surface area contributed by atoms with E-state index in [-0.39, 0.29) is 0 Å². The maximum Gasteiger partial charge on any atom is 0.164 e. The number of hydrogen-bond donors (Lipinski definition) is 1. The van der Waals surface area contributed by atoms with Gasteiger partial charge in [0, 0.05) is 18.3 Å². The van der Waals surface area contributed by atoms with Gasteiger partial charge in [0.05, 0.1) is 10.8 Å². The van der Waals surface area contributed by atoms with E-state index in [2.05, 4.69) is 33.8 Å². The van der Waals surface area contributed by atoms with Crippen molar-refractivity contribution in [2.24, 2.45) is 7.05 Å². The molecule has 0 bridgehead atoms. The third-order valence-electron chi connectivity index (χ3n) is 3.06. The fourth-order valence-corrected chi connectivity index (χ4v) is 4.79. The van der Waals surface area contributed by atoms with Crippen molar-refractivity contribution in [1.29, 1.82) is 0 Å². The van der Waals surface area contributed by atoms with Crippen molar-refractivity contribution in [2.45, 2.75) is 35.4 Å². The second-order valence-corrected chi connectivity index (χ2v) is 7.22. The monoisotopic (exact) mass is 280 g/mol. The van der Waals surface area contributed by atoms with Gasteiger partial charge in [-0.05, 0) is 23.4 Å². The molecule has 1 unspecified atom stereocenters. The second kappa shape index (κ2) is 5.03. The molecule has 1 N–H and O–H groups in total. The third kappa shape index (κ3) is 2.46. The standard InChI is InChI=1S/C12H16N4S2/c1-8-5-10(9-3-4-17-12(9)18-8)13-6-11-14-7-16(2)15-11/h3-4,7-8,10,13H,5-6H2,1-2H3/t8-,10?/m0/s1. The van der Waals surface area contributed by atoms with Crippen LogP contribution < -0.4 is 5.32 Å². The lowest BCUT2D eigenvalue weighted by atomic mass is 10.1. The van der Waals surface area contributed by atoms with Gasteiger partial charge in [0.15, 0.2) is 5.82 Å². The summed E-state index contributed by atoms with van der Waals surface area (Å²) in [4.78, 5) is 4.25. The molecule has 0 radical (unpaired) electrons. The van der Waals surface area contributed by atoms with Gasteiger partial charge < -0.3 is 5.32 Å². The van der Waals surface area contributed by atoms with Gasteiger partial charge in [-0.25, -0.2) is 4.98 Å². The molecule has 18 heavy (non-hydrogen) atoms. The molecule has 6 heteroatoms. The predicted molar refractivity (Wildman–Crippen MR) is 74.8 cm³/mol. The van der Waals surface area contributed by atoms with Crippen LogP contribution in [0.15, 0.2) is 22.0 Å². The van der Waals surface area contributed by atoms with Gasteiger partial charge in [-0.3, -0.25) is 4.68 Å². The Bertz CT molecular complexity index is 534. The molecule has 1 aliphatic rings. The van der Waals surface area contributed by atoms with E-state index in [9.17, 15) is 0 Å². The van der Waals surface area contributed by atoms with Gasteiger partial charge >= 0.3 is 0 Å². The van der Waals surface area contributed by atoms with Gasteiger partial charge in [-0.2, -0.15) is 5.10 Å². The summed E-state index contributed by atoms with van der Waals surface area (Å²) in [6.07, 6.45) is 2.91. The first-order chi connectivity index (χ1) is 8.72. The molecule has 0 amide bonds. The van der Waals surface area contributed by atoms with Gasteiger partial charge in [0.2, 0.25) is 0 Å². The van der Waals surface area contributed by atoms with Gasteiger partial charge in [0.1, 0.15) is 6.33 Å². The first-order valence-electron chi connectivity index (χ1n) is 6.04. The molecule has 0 aliphatic carbocycles. The number of thioether (sulfide) groups is 1. The number of hydrogen-bond acceptors (Lipinski definition) is 5. The summed E-state index contributed by atoms with van der Waals surface area (Å²) in [6, 6.07) is 2.67. The van der Waals surface area contributed by atoms with E-state index in [0.717, 1.165) is 12.4 Å². The van der Waals surface area contributed by atoms with Crippen LogP contribution in [0.1, 0.15) is 30.8 Å². The van der Waals surface area contributed by atoms with Crippen LogP contribution >= 0.6 is 23.1 Å². The van der Waals surface area contributed by atoms with Crippen LogP contribution in [0.5, 0.6) is 0 Å². The number of aryl methyl sites for hydroxylation is 1. The van der Waals surface area contributed by atoms with Gasteiger partial charge in [0.25, 0.3) is 0 Å². The minimum absolute atomic E-state index is 0.436. The Labute approximate surface area is 115 Å². The Balaban J connectivity index is 1.70. The first-order valence-corrected chi connectivity index (χ1v) is 7.80. The highest BCUT2D eigenvalue weighted by molar-refractivity contribution is 8.01. The summed E-state index contributed by atoms with van der Waals surface area (Å²) in [5.74, 6) is 0.861.